The molecule has 0 aliphatic heterocycles. The summed E-state index contributed by atoms with van der Waals surface area (Å²) >= 11 is 0. The molecule has 78 valence electrons. The number of amides is 1. The van der Waals surface area contributed by atoms with Crippen molar-refractivity contribution in [2.45, 2.75) is 25.9 Å². The first-order chi connectivity index (χ1) is 6.41. The number of rotatable bonds is 4. The van der Waals surface area contributed by atoms with Crippen LogP contribution in [0.25, 0.3) is 10.4 Å². The van der Waals surface area contributed by atoms with Crippen LogP contribution < -0.4 is 5.73 Å². The SMILES string of the molecule is C[C@H](C(=O)O)N(N=[N+]=[N-])C(=O)[C@@H](C)N. The highest BCUT2D eigenvalue weighted by Crippen LogP contribution is 2.03. The summed E-state index contributed by atoms with van der Waals surface area (Å²) in [5.41, 5.74) is 13.4. The maximum absolute atomic E-state index is 11.3. The van der Waals surface area contributed by atoms with Gasteiger partial charge in [0.05, 0.1) is 0 Å². The van der Waals surface area contributed by atoms with E-state index in [2.05, 4.69) is 10.1 Å². The molecule has 0 unspecified atom stereocenters. The first-order valence-electron chi connectivity index (χ1n) is 3.78. The lowest BCUT2D eigenvalue weighted by atomic mass is 10.2. The van der Waals surface area contributed by atoms with Crippen LogP contribution in [0, 0.1) is 0 Å². The molecule has 1 amide bonds. The maximum atomic E-state index is 11.3. The lowest BCUT2D eigenvalue weighted by Gasteiger charge is -2.16. The number of carbonyl (C=O) groups is 2. The molecule has 0 spiro atoms. The standard InChI is InChI=1S/C6H11N5O3/c1-3(7)5(12)11(10-9-8)4(2)6(13)14/h3-4H,7H2,1-2H3,(H,13,14)/t3-,4-/m1/s1. The molecule has 0 aromatic carbocycles. The van der Waals surface area contributed by atoms with Crippen LogP contribution in [0.4, 0.5) is 0 Å². The molecule has 0 saturated heterocycles. The second-order valence-corrected chi connectivity index (χ2v) is 2.66. The van der Waals surface area contributed by atoms with Gasteiger partial charge in [0.2, 0.25) is 6.04 Å². The Bertz CT molecular complexity index is 283. The van der Waals surface area contributed by atoms with Gasteiger partial charge in [0.1, 0.15) is 6.04 Å². The Kier molecular flexibility index (Phi) is 4.41. The third kappa shape index (κ3) is 2.92. The van der Waals surface area contributed by atoms with Crippen LogP contribution in [0.2, 0.25) is 0 Å². The van der Waals surface area contributed by atoms with E-state index in [1.165, 1.54) is 13.8 Å². The molecule has 0 aliphatic rings. The van der Waals surface area contributed by atoms with E-state index in [9.17, 15) is 9.59 Å². The molecule has 14 heavy (non-hydrogen) atoms. The number of aliphatic carboxylic acids is 1. The van der Waals surface area contributed by atoms with Gasteiger partial charge < -0.3 is 10.8 Å². The molecule has 0 aromatic rings. The largest absolute Gasteiger partial charge is 0.478 e. The number of hydrogen-bond acceptors (Lipinski definition) is 4. The van der Waals surface area contributed by atoms with Crippen LogP contribution >= 0.6 is 0 Å². The number of nitrogens with two attached hydrogens (primary N) is 1. The number of hydrogen-bond donors (Lipinski definition) is 2. The van der Waals surface area contributed by atoms with E-state index in [1.807, 2.05) is 0 Å². The van der Waals surface area contributed by atoms with Crippen LogP contribution in [0.3, 0.4) is 0 Å². The highest BCUT2D eigenvalue weighted by atomic mass is 16.4. The van der Waals surface area contributed by atoms with Crippen molar-refractivity contribution in [1.82, 2.24) is 5.01 Å². The zero-order valence-corrected chi connectivity index (χ0v) is 7.78. The Labute approximate surface area is 79.9 Å². The summed E-state index contributed by atoms with van der Waals surface area (Å²) in [4.78, 5) is 24.1. The summed E-state index contributed by atoms with van der Waals surface area (Å²) in [7, 11) is 0. The Morgan fingerprint density at radius 1 is 1.57 bits per heavy atom. The minimum absolute atomic E-state index is 0.507. The Balaban J connectivity index is 4.85. The predicted octanol–water partition coefficient (Wildman–Crippen LogP) is -0.139. The molecule has 0 aliphatic carbocycles. The van der Waals surface area contributed by atoms with Gasteiger partial charge in [-0.15, -0.1) is 5.53 Å². The lowest BCUT2D eigenvalue weighted by Crippen LogP contribution is -2.46. The van der Waals surface area contributed by atoms with E-state index in [4.69, 9.17) is 16.4 Å². The van der Waals surface area contributed by atoms with Crippen molar-refractivity contribution >= 4 is 11.9 Å². The van der Waals surface area contributed by atoms with E-state index in [1.54, 1.807) is 0 Å². The molecule has 0 radical (unpaired) electrons. The highest BCUT2D eigenvalue weighted by Gasteiger charge is 2.31. The number of nitrogens with zero attached hydrogens (tertiary/aromatic N) is 4. The average molecular weight is 201 g/mol. The number of carboxylic acids is 1. The quantitative estimate of drug-likeness (QED) is 0.283. The van der Waals surface area contributed by atoms with Crippen LogP contribution in [-0.2, 0) is 9.59 Å². The van der Waals surface area contributed by atoms with Crippen LogP contribution in [0.1, 0.15) is 13.8 Å². The molecule has 8 nitrogen and oxygen atoms in total. The van der Waals surface area contributed by atoms with Crippen LogP contribution in [-0.4, -0.2) is 34.1 Å². The topological polar surface area (TPSA) is 132 Å². The minimum Gasteiger partial charge on any atom is -0.478 e. The summed E-state index contributed by atoms with van der Waals surface area (Å²) in [6.07, 6.45) is 0. The zero-order chi connectivity index (χ0) is 11.3. The van der Waals surface area contributed by atoms with Crippen molar-refractivity contribution in [3.8, 4) is 0 Å². The lowest BCUT2D eigenvalue weighted by molar-refractivity contribution is -0.150. The molecule has 0 heterocycles. The van der Waals surface area contributed by atoms with Crippen molar-refractivity contribution in [3.05, 3.63) is 10.4 Å². The first-order valence-corrected chi connectivity index (χ1v) is 3.78. The Morgan fingerprint density at radius 2 is 2.07 bits per heavy atom. The van der Waals surface area contributed by atoms with Gasteiger partial charge in [-0.1, -0.05) is 0 Å². The monoisotopic (exact) mass is 201 g/mol. The molecular formula is C6H11N5O3. The van der Waals surface area contributed by atoms with Gasteiger partial charge in [0.25, 0.3) is 0 Å². The van der Waals surface area contributed by atoms with Crippen molar-refractivity contribution in [2.24, 2.45) is 11.0 Å². The van der Waals surface area contributed by atoms with E-state index < -0.39 is 24.0 Å². The minimum atomic E-state index is -1.27. The summed E-state index contributed by atoms with van der Waals surface area (Å²) in [5, 5.41) is 12.1. The summed E-state index contributed by atoms with van der Waals surface area (Å²) in [6, 6.07) is -2.15. The number of azide groups is 1. The highest BCUT2D eigenvalue weighted by molar-refractivity contribution is 5.86. The van der Waals surface area contributed by atoms with Gasteiger partial charge in [-0.2, -0.15) is 9.92 Å². The predicted molar refractivity (Wildman–Crippen MR) is 46.7 cm³/mol. The summed E-state index contributed by atoms with van der Waals surface area (Å²) < 4.78 is 0. The smallest absolute Gasteiger partial charge is 0.349 e. The van der Waals surface area contributed by atoms with Crippen molar-refractivity contribution in [2.75, 3.05) is 0 Å². The van der Waals surface area contributed by atoms with Gasteiger partial charge in [-0.05, 0) is 19.1 Å². The molecule has 0 bridgehead atoms. The van der Waals surface area contributed by atoms with E-state index in [0.717, 1.165) is 0 Å². The molecule has 0 aromatic heterocycles. The summed E-state index contributed by atoms with van der Waals surface area (Å²) in [5.74, 6) is -2.01. The Hall–Kier alpha value is -1.79. The van der Waals surface area contributed by atoms with Crippen LogP contribution in [0.15, 0.2) is 5.22 Å². The zero-order valence-electron chi connectivity index (χ0n) is 7.78. The molecule has 3 N–H and O–H groups in total. The third-order valence-electron chi connectivity index (χ3n) is 1.48. The van der Waals surface area contributed by atoms with Gasteiger partial charge in [0.15, 0.2) is 0 Å². The van der Waals surface area contributed by atoms with Gasteiger partial charge >= 0.3 is 11.9 Å². The summed E-state index contributed by atoms with van der Waals surface area (Å²) in [6.45, 7) is 2.59. The van der Waals surface area contributed by atoms with E-state index >= 15 is 0 Å². The van der Waals surface area contributed by atoms with Crippen molar-refractivity contribution in [1.29, 1.82) is 0 Å². The Morgan fingerprint density at radius 3 is 2.36 bits per heavy atom. The molecule has 2 atom stereocenters. The fourth-order valence-corrected chi connectivity index (χ4v) is 0.669. The second-order valence-electron chi connectivity index (χ2n) is 2.66. The van der Waals surface area contributed by atoms with Crippen LogP contribution in [0.5, 0.6) is 0 Å². The van der Waals surface area contributed by atoms with Gasteiger partial charge in [0, 0.05) is 0 Å². The van der Waals surface area contributed by atoms with E-state index in [0.29, 0.717) is 5.01 Å². The normalized spacial score (nSPS) is 13.6. The fourth-order valence-electron chi connectivity index (χ4n) is 0.669. The van der Waals surface area contributed by atoms with Gasteiger partial charge in [-0.25, -0.2) is 9.59 Å². The molecule has 0 rings (SSSR count). The average Bonchev–Trinajstić information content (AvgIpc) is 2.11. The number of carbonyl (C=O) groups excluding carboxylic acids is 1. The fraction of sp³-hybridized carbons (Fsp3) is 0.667. The molecule has 8 heteroatoms. The number of carboxylic acid groups (broad SMARTS) is 1. The van der Waals surface area contributed by atoms with Crippen molar-refractivity contribution in [3.63, 3.8) is 0 Å². The molecule has 0 saturated carbocycles. The van der Waals surface area contributed by atoms with Crippen molar-refractivity contribution < 1.29 is 14.7 Å². The van der Waals surface area contributed by atoms with Gasteiger partial charge in [-0.3, -0.25) is 0 Å². The maximum Gasteiger partial charge on any atom is 0.349 e. The molecule has 0 fully saturated rings. The second kappa shape index (κ2) is 5.05. The first kappa shape index (κ1) is 12.2. The van der Waals surface area contributed by atoms with E-state index in [-0.39, 0.29) is 0 Å². The third-order valence-corrected chi connectivity index (χ3v) is 1.48. The molecular weight excluding hydrogens is 190 g/mol.